The first-order valence-electron chi connectivity index (χ1n) is 9.02. The Kier molecular flexibility index (Phi) is 6.60. The lowest BCUT2D eigenvalue weighted by Crippen LogP contribution is -2.30. The van der Waals surface area contributed by atoms with E-state index in [1.807, 2.05) is 0 Å². The first kappa shape index (κ1) is 19.2. The topological polar surface area (TPSA) is 12.0 Å². The number of rotatable bonds is 6. The highest BCUT2D eigenvalue weighted by Crippen LogP contribution is 2.46. The molecule has 3 aromatic carbocycles. The number of hydrogen-bond donors (Lipinski definition) is 1. The first-order chi connectivity index (χ1) is 12.6. The van der Waals surface area contributed by atoms with Crippen LogP contribution in [0.4, 0.5) is 0 Å². The number of benzene rings is 3. The zero-order valence-electron chi connectivity index (χ0n) is 15.8. The fraction of sp³-hybridized carbons (Fsp3) is 0.217. The minimum absolute atomic E-state index is 0.213. The van der Waals surface area contributed by atoms with Crippen molar-refractivity contribution in [1.82, 2.24) is 5.09 Å². The maximum absolute atomic E-state index is 3.97. The number of nitrogens with one attached hydrogen (secondary N) is 1. The Morgan fingerprint density at radius 3 is 1.38 bits per heavy atom. The van der Waals surface area contributed by atoms with E-state index >= 15 is 0 Å². The van der Waals surface area contributed by atoms with Crippen molar-refractivity contribution in [3.63, 3.8) is 0 Å². The summed E-state index contributed by atoms with van der Waals surface area (Å²) in [5.41, 5.74) is 0. The van der Waals surface area contributed by atoms with Crippen molar-refractivity contribution in [1.29, 1.82) is 0 Å². The molecule has 0 aliphatic rings. The third-order valence-electron chi connectivity index (χ3n) is 4.21. The molecule has 3 aromatic rings. The summed E-state index contributed by atoms with van der Waals surface area (Å²) in [4.78, 5) is 0. The van der Waals surface area contributed by atoms with E-state index in [0.29, 0.717) is 0 Å². The molecule has 0 aliphatic heterocycles. The van der Waals surface area contributed by atoms with Crippen molar-refractivity contribution in [2.24, 2.45) is 0 Å². The summed E-state index contributed by atoms with van der Waals surface area (Å²) in [5, 5.41) is 8.46. The highest BCUT2D eigenvalue weighted by molar-refractivity contribution is 7.74. The smallest absolute Gasteiger partial charge is 0.0276 e. The summed E-state index contributed by atoms with van der Waals surface area (Å²) in [6.45, 7) is 7.02. The zero-order chi connectivity index (χ0) is 18.4. The van der Waals surface area contributed by atoms with Crippen molar-refractivity contribution in [2.75, 3.05) is 6.29 Å². The SMILES string of the molecule is CC(C)(C)P(NCP(c1ccccc1)c1ccccc1)c1ccccc1. The first-order valence-corrected chi connectivity index (χ1v) is 11.9. The summed E-state index contributed by atoms with van der Waals surface area (Å²) < 4.78 is 0. The van der Waals surface area contributed by atoms with Gasteiger partial charge in [-0.2, -0.15) is 0 Å². The fourth-order valence-corrected chi connectivity index (χ4v) is 7.74. The number of hydrogen-bond acceptors (Lipinski definition) is 1. The minimum atomic E-state index is -0.444. The van der Waals surface area contributed by atoms with Crippen molar-refractivity contribution >= 4 is 31.9 Å². The third kappa shape index (κ3) is 5.01. The standard InChI is InChI=1S/C23H27NP2/c1-23(2,3)26(22-17-11-6-12-18-22)24-19-25(20-13-7-4-8-14-20)21-15-9-5-10-16-21/h4-18,24H,19H2,1-3H3. The van der Waals surface area contributed by atoms with Gasteiger partial charge in [0.15, 0.2) is 0 Å². The summed E-state index contributed by atoms with van der Waals surface area (Å²) in [5.74, 6) is 0. The van der Waals surface area contributed by atoms with E-state index in [0.717, 1.165) is 6.29 Å². The molecule has 0 saturated carbocycles. The van der Waals surface area contributed by atoms with Gasteiger partial charge < -0.3 is 0 Å². The molecule has 1 atom stereocenters. The second-order valence-electron chi connectivity index (χ2n) is 7.26. The van der Waals surface area contributed by atoms with Crippen LogP contribution >= 0.6 is 16.0 Å². The average molecular weight is 379 g/mol. The molecule has 3 rings (SSSR count). The predicted octanol–water partition coefficient (Wildman–Crippen LogP) is 5.19. The Labute approximate surface area is 160 Å². The van der Waals surface area contributed by atoms with Gasteiger partial charge in [-0.1, -0.05) is 112 Å². The van der Waals surface area contributed by atoms with E-state index in [-0.39, 0.29) is 5.16 Å². The van der Waals surface area contributed by atoms with Crippen molar-refractivity contribution in [3.8, 4) is 0 Å². The summed E-state index contributed by atoms with van der Waals surface area (Å²) >= 11 is 0. The summed E-state index contributed by atoms with van der Waals surface area (Å²) in [7, 11) is -0.860. The quantitative estimate of drug-likeness (QED) is 0.582. The van der Waals surface area contributed by atoms with E-state index in [1.165, 1.54) is 15.9 Å². The van der Waals surface area contributed by atoms with Gasteiger partial charge in [0.25, 0.3) is 0 Å². The Hall–Kier alpha value is -1.52. The molecule has 0 amide bonds. The Balaban J connectivity index is 1.87. The lowest BCUT2D eigenvalue weighted by atomic mass is 10.3. The van der Waals surface area contributed by atoms with Crippen LogP contribution in [-0.4, -0.2) is 11.4 Å². The summed E-state index contributed by atoms with van der Waals surface area (Å²) in [6, 6.07) is 32.8. The lowest BCUT2D eigenvalue weighted by Gasteiger charge is -2.34. The minimum Gasteiger partial charge on any atom is -0.287 e. The summed E-state index contributed by atoms with van der Waals surface area (Å²) in [6.07, 6.45) is 1.00. The molecule has 0 spiro atoms. The van der Waals surface area contributed by atoms with Gasteiger partial charge in [-0.05, 0) is 37.1 Å². The van der Waals surface area contributed by atoms with E-state index in [4.69, 9.17) is 0 Å². The molecule has 0 bridgehead atoms. The van der Waals surface area contributed by atoms with Gasteiger partial charge in [0.1, 0.15) is 0 Å². The molecule has 1 nitrogen and oxygen atoms in total. The Morgan fingerprint density at radius 2 is 1.00 bits per heavy atom. The van der Waals surface area contributed by atoms with E-state index in [1.54, 1.807) is 0 Å². The largest absolute Gasteiger partial charge is 0.287 e. The second-order valence-corrected chi connectivity index (χ2v) is 12.3. The molecule has 1 N–H and O–H groups in total. The Bertz CT molecular complexity index is 743. The van der Waals surface area contributed by atoms with Crippen LogP contribution < -0.4 is 21.0 Å². The molecule has 1 unspecified atom stereocenters. The van der Waals surface area contributed by atoms with Gasteiger partial charge in [-0.25, -0.2) is 0 Å². The van der Waals surface area contributed by atoms with Crippen LogP contribution in [0.15, 0.2) is 91.0 Å². The molecule has 0 saturated heterocycles. The van der Waals surface area contributed by atoms with Gasteiger partial charge in [-0.3, -0.25) is 5.09 Å². The van der Waals surface area contributed by atoms with Gasteiger partial charge in [0.05, 0.1) is 0 Å². The highest BCUT2D eigenvalue weighted by atomic mass is 31.1. The van der Waals surface area contributed by atoms with Crippen LogP contribution in [0.2, 0.25) is 0 Å². The second kappa shape index (κ2) is 8.92. The average Bonchev–Trinajstić information content (AvgIpc) is 2.66. The predicted molar refractivity (Wildman–Crippen MR) is 120 cm³/mol. The molecule has 0 heterocycles. The Morgan fingerprint density at radius 1 is 0.615 bits per heavy atom. The third-order valence-corrected chi connectivity index (χ3v) is 9.41. The fourth-order valence-electron chi connectivity index (χ4n) is 2.98. The van der Waals surface area contributed by atoms with Gasteiger partial charge >= 0.3 is 0 Å². The molecular formula is C23H27NP2. The van der Waals surface area contributed by atoms with Gasteiger partial charge in [-0.15, -0.1) is 0 Å². The van der Waals surface area contributed by atoms with Crippen LogP contribution in [0.3, 0.4) is 0 Å². The van der Waals surface area contributed by atoms with E-state index < -0.39 is 16.0 Å². The monoisotopic (exact) mass is 379 g/mol. The van der Waals surface area contributed by atoms with Crippen LogP contribution in [0.1, 0.15) is 20.8 Å². The molecular weight excluding hydrogens is 352 g/mol. The molecule has 0 fully saturated rings. The van der Waals surface area contributed by atoms with Crippen LogP contribution in [0.25, 0.3) is 0 Å². The molecule has 134 valence electrons. The van der Waals surface area contributed by atoms with Crippen LogP contribution in [0.5, 0.6) is 0 Å². The van der Waals surface area contributed by atoms with Gasteiger partial charge in [0, 0.05) is 6.29 Å². The van der Waals surface area contributed by atoms with Crippen molar-refractivity contribution in [2.45, 2.75) is 25.9 Å². The normalized spacial score (nSPS) is 12.9. The molecule has 0 radical (unpaired) electrons. The maximum atomic E-state index is 3.97. The van der Waals surface area contributed by atoms with Gasteiger partial charge in [0.2, 0.25) is 0 Å². The maximum Gasteiger partial charge on any atom is 0.0276 e. The zero-order valence-corrected chi connectivity index (χ0v) is 17.6. The molecule has 3 heteroatoms. The molecule has 0 aliphatic carbocycles. The van der Waals surface area contributed by atoms with E-state index in [2.05, 4.69) is 117 Å². The molecule has 26 heavy (non-hydrogen) atoms. The van der Waals surface area contributed by atoms with Crippen LogP contribution in [-0.2, 0) is 0 Å². The van der Waals surface area contributed by atoms with E-state index in [9.17, 15) is 0 Å². The molecule has 0 aromatic heterocycles. The van der Waals surface area contributed by atoms with Crippen molar-refractivity contribution < 1.29 is 0 Å². The lowest BCUT2D eigenvalue weighted by molar-refractivity contribution is 0.777. The highest BCUT2D eigenvalue weighted by Gasteiger charge is 2.27. The van der Waals surface area contributed by atoms with Crippen molar-refractivity contribution in [3.05, 3.63) is 91.0 Å². The van der Waals surface area contributed by atoms with Crippen LogP contribution in [0, 0.1) is 0 Å².